The van der Waals surface area contributed by atoms with Crippen molar-refractivity contribution in [3.05, 3.63) is 29.3 Å². The smallest absolute Gasteiger partial charge is 0.101 e. The van der Waals surface area contributed by atoms with Crippen LogP contribution >= 0.6 is 15.9 Å². The fourth-order valence-electron chi connectivity index (χ4n) is 3.11. The van der Waals surface area contributed by atoms with Crippen LogP contribution in [0, 0.1) is 17.2 Å². The molecule has 1 aromatic rings. The Hall–Kier alpha value is -1.01. The van der Waals surface area contributed by atoms with Gasteiger partial charge in [0.2, 0.25) is 0 Å². The third-order valence-electron chi connectivity index (χ3n) is 4.28. The van der Waals surface area contributed by atoms with Crippen molar-refractivity contribution < 1.29 is 0 Å². The molecule has 1 saturated carbocycles. The molecule has 1 aliphatic carbocycles. The van der Waals surface area contributed by atoms with Crippen LogP contribution in [0.4, 0.5) is 5.69 Å². The summed E-state index contributed by atoms with van der Waals surface area (Å²) in [7, 11) is 2.14. The highest BCUT2D eigenvalue weighted by Gasteiger charge is 2.26. The average molecular weight is 321 g/mol. The van der Waals surface area contributed by atoms with Crippen LogP contribution in [0.15, 0.2) is 18.2 Å². The van der Waals surface area contributed by atoms with Crippen molar-refractivity contribution in [1.29, 1.82) is 5.26 Å². The minimum atomic E-state index is 0.565. The van der Waals surface area contributed by atoms with Crippen LogP contribution in [0.25, 0.3) is 0 Å². The van der Waals surface area contributed by atoms with Gasteiger partial charge in [-0.05, 0) is 36.5 Å². The number of halogens is 1. The maximum Gasteiger partial charge on any atom is 0.101 e. The molecule has 0 radical (unpaired) electrons. The normalized spacial score (nSPS) is 22.8. The highest BCUT2D eigenvalue weighted by Crippen LogP contribution is 2.32. The first-order valence-corrected chi connectivity index (χ1v) is 8.11. The van der Waals surface area contributed by atoms with Gasteiger partial charge in [-0.1, -0.05) is 41.8 Å². The van der Waals surface area contributed by atoms with E-state index in [9.17, 15) is 5.26 Å². The summed E-state index contributed by atoms with van der Waals surface area (Å²) in [5.74, 6) is 0.709. The van der Waals surface area contributed by atoms with E-state index in [0.717, 1.165) is 22.1 Å². The van der Waals surface area contributed by atoms with Crippen molar-refractivity contribution in [2.24, 2.45) is 5.92 Å². The van der Waals surface area contributed by atoms with E-state index >= 15 is 0 Å². The van der Waals surface area contributed by atoms with Gasteiger partial charge in [-0.15, -0.1) is 0 Å². The summed E-state index contributed by atoms with van der Waals surface area (Å²) in [6.45, 7) is 2.33. The van der Waals surface area contributed by atoms with E-state index in [4.69, 9.17) is 0 Å². The Balaban J connectivity index is 2.27. The first kappa shape index (κ1) is 14.4. The number of rotatable bonds is 3. The summed E-state index contributed by atoms with van der Waals surface area (Å²) in [6, 6.07) is 9.10. The minimum Gasteiger partial charge on any atom is -0.370 e. The van der Waals surface area contributed by atoms with Crippen LogP contribution in [-0.2, 0) is 5.33 Å². The topological polar surface area (TPSA) is 27.0 Å². The molecule has 1 aliphatic rings. The van der Waals surface area contributed by atoms with Crippen LogP contribution in [0.2, 0.25) is 0 Å². The average Bonchev–Trinajstić information content (AvgIpc) is 2.46. The molecule has 0 heterocycles. The molecule has 2 nitrogen and oxygen atoms in total. The van der Waals surface area contributed by atoms with E-state index in [2.05, 4.69) is 53.0 Å². The maximum absolute atomic E-state index is 9.36. The van der Waals surface area contributed by atoms with Crippen molar-refractivity contribution in [3.8, 4) is 6.07 Å². The molecule has 1 aromatic carbocycles. The van der Waals surface area contributed by atoms with Crippen molar-refractivity contribution in [3.63, 3.8) is 0 Å². The van der Waals surface area contributed by atoms with Crippen molar-refractivity contribution in [2.45, 2.75) is 44.0 Å². The highest BCUT2D eigenvalue weighted by atomic mass is 79.9. The number of hydrogen-bond donors (Lipinski definition) is 0. The highest BCUT2D eigenvalue weighted by molar-refractivity contribution is 9.08. The van der Waals surface area contributed by atoms with Crippen LogP contribution in [0.5, 0.6) is 0 Å². The summed E-state index contributed by atoms with van der Waals surface area (Å²) >= 11 is 3.45. The molecule has 2 atom stereocenters. The Labute approximate surface area is 124 Å². The summed E-state index contributed by atoms with van der Waals surface area (Å²) in [4.78, 5) is 2.32. The predicted octanol–water partition coefficient (Wildman–Crippen LogP) is 4.47. The van der Waals surface area contributed by atoms with Gasteiger partial charge in [0, 0.05) is 18.4 Å². The fraction of sp³-hybridized carbons (Fsp3) is 0.562. The van der Waals surface area contributed by atoms with Gasteiger partial charge in [0.1, 0.15) is 6.07 Å². The van der Waals surface area contributed by atoms with E-state index in [1.165, 1.54) is 25.7 Å². The summed E-state index contributed by atoms with van der Waals surface area (Å²) in [6.07, 6.45) is 5.19. The van der Waals surface area contributed by atoms with Crippen molar-refractivity contribution >= 4 is 21.6 Å². The lowest BCUT2D eigenvalue weighted by Crippen LogP contribution is -2.39. The summed E-state index contributed by atoms with van der Waals surface area (Å²) in [5.41, 5.74) is 3.02. The van der Waals surface area contributed by atoms with Crippen LogP contribution in [-0.4, -0.2) is 13.1 Å². The minimum absolute atomic E-state index is 0.565. The first-order valence-electron chi connectivity index (χ1n) is 6.99. The Bertz CT molecular complexity index is 478. The fourth-order valence-corrected chi connectivity index (χ4v) is 3.46. The molecule has 0 spiro atoms. The maximum atomic E-state index is 9.36. The van der Waals surface area contributed by atoms with Gasteiger partial charge in [0.15, 0.2) is 0 Å². The molecule has 2 rings (SSSR count). The van der Waals surface area contributed by atoms with Crippen molar-refractivity contribution in [1.82, 2.24) is 0 Å². The molecule has 0 bridgehead atoms. The second-order valence-electron chi connectivity index (χ2n) is 5.54. The zero-order valence-corrected chi connectivity index (χ0v) is 13.3. The molecule has 0 saturated heterocycles. The Kier molecular flexibility index (Phi) is 4.87. The van der Waals surface area contributed by atoms with Gasteiger partial charge in [-0.25, -0.2) is 0 Å². The Morgan fingerprint density at radius 3 is 2.74 bits per heavy atom. The van der Waals surface area contributed by atoms with Gasteiger partial charge >= 0.3 is 0 Å². The largest absolute Gasteiger partial charge is 0.370 e. The molecular weight excluding hydrogens is 300 g/mol. The van der Waals surface area contributed by atoms with Crippen LogP contribution < -0.4 is 4.90 Å². The van der Waals surface area contributed by atoms with Gasteiger partial charge in [-0.3, -0.25) is 0 Å². The van der Waals surface area contributed by atoms with Gasteiger partial charge in [0.05, 0.1) is 11.3 Å². The molecule has 102 valence electrons. The van der Waals surface area contributed by atoms with Gasteiger partial charge in [-0.2, -0.15) is 5.26 Å². The monoisotopic (exact) mass is 320 g/mol. The van der Waals surface area contributed by atoms with Crippen LogP contribution in [0.3, 0.4) is 0 Å². The van der Waals surface area contributed by atoms with E-state index in [1.807, 2.05) is 6.07 Å². The lowest BCUT2D eigenvalue weighted by atomic mass is 9.84. The third kappa shape index (κ3) is 3.12. The van der Waals surface area contributed by atoms with E-state index < -0.39 is 0 Å². The number of anilines is 1. The molecule has 0 amide bonds. The Morgan fingerprint density at radius 2 is 2.11 bits per heavy atom. The standard InChI is InChI=1S/C16H21BrN2/c1-12-5-3-4-6-15(12)19(2)16-8-7-13(10-17)9-14(16)11-18/h7-9,12,15H,3-6,10H2,1-2H3. The molecule has 2 unspecified atom stereocenters. The molecule has 3 heteroatoms. The summed E-state index contributed by atoms with van der Waals surface area (Å²) < 4.78 is 0. The SMILES string of the molecule is CC1CCCCC1N(C)c1ccc(CBr)cc1C#N. The van der Waals surface area contributed by atoms with Crippen molar-refractivity contribution in [2.75, 3.05) is 11.9 Å². The molecule has 1 fully saturated rings. The number of nitrogens with zero attached hydrogens (tertiary/aromatic N) is 2. The molecule has 0 aliphatic heterocycles. The number of benzene rings is 1. The first-order chi connectivity index (χ1) is 9.17. The quantitative estimate of drug-likeness (QED) is 0.768. The second-order valence-corrected chi connectivity index (χ2v) is 6.10. The van der Waals surface area contributed by atoms with Gasteiger partial charge in [0.25, 0.3) is 0 Å². The number of nitriles is 1. The second kappa shape index (κ2) is 6.43. The Morgan fingerprint density at radius 1 is 1.37 bits per heavy atom. The van der Waals surface area contributed by atoms with E-state index in [-0.39, 0.29) is 0 Å². The zero-order chi connectivity index (χ0) is 13.8. The van der Waals surface area contributed by atoms with E-state index in [1.54, 1.807) is 0 Å². The predicted molar refractivity (Wildman–Crippen MR) is 83.6 cm³/mol. The van der Waals surface area contributed by atoms with Gasteiger partial charge < -0.3 is 4.90 Å². The molecular formula is C16H21BrN2. The lowest BCUT2D eigenvalue weighted by molar-refractivity contribution is 0.321. The zero-order valence-electron chi connectivity index (χ0n) is 11.7. The van der Waals surface area contributed by atoms with E-state index in [0.29, 0.717) is 12.0 Å². The molecule has 0 N–H and O–H groups in total. The number of hydrogen-bond acceptors (Lipinski definition) is 2. The lowest BCUT2D eigenvalue weighted by Gasteiger charge is -2.38. The van der Waals surface area contributed by atoms with Crippen LogP contribution in [0.1, 0.15) is 43.7 Å². The molecule has 0 aromatic heterocycles. The summed E-state index contributed by atoms with van der Waals surface area (Å²) in [5, 5.41) is 10.2. The molecule has 19 heavy (non-hydrogen) atoms. The third-order valence-corrected chi connectivity index (χ3v) is 4.93. The number of alkyl halides is 1.